The van der Waals surface area contributed by atoms with Crippen molar-refractivity contribution in [1.29, 1.82) is 0 Å². The van der Waals surface area contributed by atoms with E-state index in [-0.39, 0.29) is 17.8 Å². The second-order valence-corrected chi connectivity index (χ2v) is 9.10. The van der Waals surface area contributed by atoms with Gasteiger partial charge >= 0.3 is 0 Å². The standard InChI is InChI=1S/C17H22FN3OS3/c1-11(2)4-5-12(3)19-15(22)10-24-16-20-21(17(23)25-16)14-8-6-13(18)7-9-14/h6-9,11-12H,4-5,10H2,1-3H3,(H,19,22)/t12-/m0/s1. The average Bonchev–Trinajstić information content (AvgIpc) is 2.93. The van der Waals surface area contributed by atoms with Crippen LogP contribution in [0, 0.1) is 15.7 Å². The van der Waals surface area contributed by atoms with Crippen molar-refractivity contribution in [3.05, 3.63) is 34.0 Å². The van der Waals surface area contributed by atoms with Crippen molar-refractivity contribution >= 4 is 41.2 Å². The molecule has 1 N–H and O–H groups in total. The van der Waals surface area contributed by atoms with E-state index < -0.39 is 0 Å². The Morgan fingerprint density at radius 2 is 2.00 bits per heavy atom. The first-order valence-electron chi connectivity index (χ1n) is 8.13. The van der Waals surface area contributed by atoms with Gasteiger partial charge in [-0.15, -0.1) is 5.10 Å². The van der Waals surface area contributed by atoms with Crippen LogP contribution >= 0.6 is 35.3 Å². The number of amides is 1. The van der Waals surface area contributed by atoms with E-state index in [2.05, 4.69) is 24.3 Å². The second-order valence-electron chi connectivity index (χ2n) is 6.25. The van der Waals surface area contributed by atoms with Crippen LogP contribution in [0.3, 0.4) is 0 Å². The van der Waals surface area contributed by atoms with E-state index in [1.165, 1.54) is 35.2 Å². The van der Waals surface area contributed by atoms with Gasteiger partial charge in [0.2, 0.25) is 5.91 Å². The summed E-state index contributed by atoms with van der Waals surface area (Å²) in [6.45, 7) is 6.38. The van der Waals surface area contributed by atoms with Crippen LogP contribution in [0.5, 0.6) is 0 Å². The molecule has 2 aromatic rings. The van der Waals surface area contributed by atoms with Gasteiger partial charge in [0.05, 0.1) is 11.4 Å². The maximum atomic E-state index is 13.0. The third-order valence-electron chi connectivity index (χ3n) is 3.51. The molecule has 1 aromatic heterocycles. The number of hydrogen-bond acceptors (Lipinski definition) is 5. The Bertz CT molecular complexity index is 755. The van der Waals surface area contributed by atoms with Crippen molar-refractivity contribution < 1.29 is 9.18 Å². The Balaban J connectivity index is 1.89. The molecule has 0 radical (unpaired) electrons. The molecule has 0 fully saturated rings. The molecule has 0 saturated carbocycles. The van der Waals surface area contributed by atoms with E-state index in [0.29, 0.717) is 21.3 Å². The maximum Gasteiger partial charge on any atom is 0.230 e. The summed E-state index contributed by atoms with van der Waals surface area (Å²) in [5.74, 6) is 0.632. The van der Waals surface area contributed by atoms with Crippen molar-refractivity contribution in [2.24, 2.45) is 5.92 Å². The molecule has 0 aliphatic heterocycles. The van der Waals surface area contributed by atoms with Crippen LogP contribution < -0.4 is 5.32 Å². The molecule has 0 aliphatic carbocycles. The summed E-state index contributed by atoms with van der Waals surface area (Å²) in [7, 11) is 0. The number of nitrogens with one attached hydrogen (secondary N) is 1. The number of halogens is 1. The zero-order valence-electron chi connectivity index (χ0n) is 14.5. The smallest absolute Gasteiger partial charge is 0.230 e. The monoisotopic (exact) mass is 399 g/mol. The molecule has 2 rings (SSSR count). The highest BCUT2D eigenvalue weighted by atomic mass is 32.2. The average molecular weight is 400 g/mol. The zero-order chi connectivity index (χ0) is 18.4. The molecule has 136 valence electrons. The van der Waals surface area contributed by atoms with Gasteiger partial charge in [-0.2, -0.15) is 0 Å². The number of rotatable bonds is 8. The highest BCUT2D eigenvalue weighted by Gasteiger charge is 2.11. The molecule has 4 nitrogen and oxygen atoms in total. The van der Waals surface area contributed by atoms with E-state index in [1.807, 2.05) is 6.92 Å². The third-order valence-corrected chi connectivity index (χ3v) is 5.88. The Hall–Kier alpha value is -1.25. The molecule has 0 unspecified atom stereocenters. The SMILES string of the molecule is CC(C)CC[C@H](C)NC(=O)CSc1nn(-c2ccc(F)cc2)c(=S)s1. The molecule has 0 spiro atoms. The molecular formula is C17H22FN3OS3. The lowest BCUT2D eigenvalue weighted by Crippen LogP contribution is -2.34. The molecule has 1 amide bonds. The fourth-order valence-electron chi connectivity index (χ4n) is 2.16. The number of thioether (sulfide) groups is 1. The number of hydrogen-bond donors (Lipinski definition) is 1. The highest BCUT2D eigenvalue weighted by Crippen LogP contribution is 2.24. The second kappa shape index (κ2) is 9.45. The van der Waals surface area contributed by atoms with Crippen LogP contribution in [0.2, 0.25) is 0 Å². The fraction of sp³-hybridized carbons (Fsp3) is 0.471. The molecule has 0 bridgehead atoms. The number of aromatic nitrogens is 2. The van der Waals surface area contributed by atoms with E-state index >= 15 is 0 Å². The highest BCUT2D eigenvalue weighted by molar-refractivity contribution is 8.01. The fourth-order valence-corrected chi connectivity index (χ4v) is 4.34. The molecule has 1 heterocycles. The summed E-state index contributed by atoms with van der Waals surface area (Å²) in [4.78, 5) is 12.0. The molecule has 8 heteroatoms. The van der Waals surface area contributed by atoms with Gasteiger partial charge in [-0.1, -0.05) is 36.9 Å². The number of carbonyl (C=O) groups excluding carboxylic acids is 1. The van der Waals surface area contributed by atoms with Crippen molar-refractivity contribution in [2.45, 2.75) is 44.0 Å². The van der Waals surface area contributed by atoms with Crippen LogP contribution in [0.1, 0.15) is 33.6 Å². The first kappa shape index (κ1) is 20.1. The summed E-state index contributed by atoms with van der Waals surface area (Å²) in [6, 6.07) is 6.17. The van der Waals surface area contributed by atoms with Crippen molar-refractivity contribution in [1.82, 2.24) is 15.1 Å². The van der Waals surface area contributed by atoms with Crippen molar-refractivity contribution in [2.75, 3.05) is 5.75 Å². The van der Waals surface area contributed by atoms with Crippen LogP contribution in [-0.2, 0) is 4.79 Å². The van der Waals surface area contributed by atoms with Gasteiger partial charge in [-0.3, -0.25) is 4.79 Å². The van der Waals surface area contributed by atoms with Gasteiger partial charge in [0, 0.05) is 6.04 Å². The van der Waals surface area contributed by atoms with Crippen LogP contribution in [0.15, 0.2) is 28.6 Å². The van der Waals surface area contributed by atoms with Crippen LogP contribution in [0.25, 0.3) is 5.69 Å². The minimum absolute atomic E-state index is 0.00398. The minimum atomic E-state index is -0.302. The predicted molar refractivity (Wildman–Crippen MR) is 105 cm³/mol. The van der Waals surface area contributed by atoms with Gasteiger partial charge in [0.15, 0.2) is 8.29 Å². The molecule has 0 saturated heterocycles. The van der Waals surface area contributed by atoms with Gasteiger partial charge in [-0.05, 0) is 62.2 Å². The summed E-state index contributed by atoms with van der Waals surface area (Å²) in [5, 5.41) is 7.42. The molecule has 0 aliphatic rings. The predicted octanol–water partition coefficient (Wildman–Crippen LogP) is 4.84. The topological polar surface area (TPSA) is 46.9 Å². The number of benzene rings is 1. The molecule has 1 aromatic carbocycles. The number of nitrogens with zero attached hydrogens (tertiary/aromatic N) is 2. The maximum absolute atomic E-state index is 13.0. The van der Waals surface area contributed by atoms with Crippen molar-refractivity contribution in [3.63, 3.8) is 0 Å². The van der Waals surface area contributed by atoms with E-state index in [9.17, 15) is 9.18 Å². The van der Waals surface area contributed by atoms with Gasteiger partial charge in [0.1, 0.15) is 5.82 Å². The normalized spacial score (nSPS) is 12.4. The first-order valence-corrected chi connectivity index (χ1v) is 10.3. The summed E-state index contributed by atoms with van der Waals surface area (Å²) in [6.07, 6.45) is 2.07. The zero-order valence-corrected chi connectivity index (χ0v) is 16.9. The lowest BCUT2D eigenvalue weighted by molar-refractivity contribution is -0.119. The lowest BCUT2D eigenvalue weighted by atomic mass is 10.0. The molecular weight excluding hydrogens is 377 g/mol. The molecule has 1 atom stereocenters. The minimum Gasteiger partial charge on any atom is -0.353 e. The van der Waals surface area contributed by atoms with Gasteiger partial charge in [0.25, 0.3) is 0 Å². The Morgan fingerprint density at radius 1 is 1.32 bits per heavy atom. The largest absolute Gasteiger partial charge is 0.353 e. The van der Waals surface area contributed by atoms with Crippen LogP contribution in [-0.4, -0.2) is 27.5 Å². The Kier molecular flexibility index (Phi) is 7.58. The quantitative estimate of drug-likeness (QED) is 0.510. The summed E-state index contributed by atoms with van der Waals surface area (Å²) < 4.78 is 15.9. The number of carbonyl (C=O) groups is 1. The Morgan fingerprint density at radius 3 is 2.64 bits per heavy atom. The van der Waals surface area contributed by atoms with E-state index in [4.69, 9.17) is 12.2 Å². The van der Waals surface area contributed by atoms with Crippen LogP contribution in [0.4, 0.5) is 4.39 Å². The first-order chi connectivity index (χ1) is 11.8. The Labute approximate surface area is 160 Å². The van der Waals surface area contributed by atoms with Gasteiger partial charge < -0.3 is 5.32 Å². The van der Waals surface area contributed by atoms with Crippen molar-refractivity contribution in [3.8, 4) is 5.69 Å². The summed E-state index contributed by atoms with van der Waals surface area (Å²) >= 11 is 8.01. The van der Waals surface area contributed by atoms with E-state index in [1.54, 1.807) is 16.8 Å². The lowest BCUT2D eigenvalue weighted by Gasteiger charge is -2.14. The van der Waals surface area contributed by atoms with Gasteiger partial charge in [-0.25, -0.2) is 9.07 Å². The summed E-state index contributed by atoms with van der Waals surface area (Å²) in [5.41, 5.74) is 0.709. The van der Waals surface area contributed by atoms with E-state index in [0.717, 1.165) is 17.2 Å². The third kappa shape index (κ3) is 6.52. The molecule has 25 heavy (non-hydrogen) atoms.